The Morgan fingerprint density at radius 3 is 1.88 bits per heavy atom. The van der Waals surface area contributed by atoms with E-state index in [1.54, 1.807) is 0 Å². The van der Waals surface area contributed by atoms with Crippen LogP contribution >= 0.6 is 0 Å². The van der Waals surface area contributed by atoms with Crippen LogP contribution < -0.4 is 10.4 Å². The van der Waals surface area contributed by atoms with E-state index in [0.717, 1.165) is 25.7 Å². The van der Waals surface area contributed by atoms with Crippen LogP contribution in [-0.4, -0.2) is 53.3 Å². The maximum Gasteiger partial charge on any atom is 0.262 e. The Kier molecular flexibility index (Phi) is 7.51. The molecule has 3 fully saturated rings. The Morgan fingerprint density at radius 1 is 0.762 bits per heavy atom. The first-order chi connectivity index (χ1) is 20.2. The highest BCUT2D eigenvalue weighted by molar-refractivity contribution is 6.99. The fourth-order valence-corrected chi connectivity index (χ4v) is 16.8. The molecule has 3 aliphatic carbocycles. The Hall–Kier alpha value is -1.55. The van der Waals surface area contributed by atoms with E-state index in [0.29, 0.717) is 24.0 Å². The van der Waals surface area contributed by atoms with Gasteiger partial charge in [0.15, 0.2) is 8.32 Å². The van der Waals surface area contributed by atoms with Gasteiger partial charge in [-0.3, -0.25) is 0 Å². The standard InChI is InChI=1S/C36H50O4Si2/c1-7-41(8-2,9-3)39-29-21-20-26-32(29)35(34-28-23-31-30(37-31)22-27(28)33(26)38-34)40-42(36(4,5)6,24-16-12-10-13-17-24)25-18-14-11-15-19-25/h10-19,27-31,33-35H,7-9,20-23H2,1-6H3/t27-,28+,29+,30+,31-,33+,34+,35-/m1/s1. The SMILES string of the molecule is CC[Si](CC)(CC)O[C@H]1CCC2=C1[C@@H](O[Si](c1ccccc1)(c1ccccc1)C(C)(C)C)[C@H]1O[C@@H]2[C@@H]2C[C@@H]3O[C@@H]3C[C@@H]21. The van der Waals surface area contributed by atoms with E-state index in [2.05, 4.69) is 102 Å². The minimum Gasteiger partial charge on any atom is -0.410 e. The zero-order valence-electron chi connectivity index (χ0n) is 26.5. The highest BCUT2D eigenvalue weighted by Gasteiger charge is 2.64. The van der Waals surface area contributed by atoms with Crippen molar-refractivity contribution in [1.29, 1.82) is 0 Å². The molecule has 4 nitrogen and oxygen atoms in total. The summed E-state index contributed by atoms with van der Waals surface area (Å²) < 4.78 is 28.8. The number of hydrogen-bond donors (Lipinski definition) is 0. The third-order valence-corrected chi connectivity index (χ3v) is 21.4. The lowest BCUT2D eigenvalue weighted by atomic mass is 9.75. The number of fused-ring (bicyclic) bond motifs is 2. The van der Waals surface area contributed by atoms with E-state index < -0.39 is 16.6 Å². The van der Waals surface area contributed by atoms with Gasteiger partial charge in [-0.15, -0.1) is 0 Å². The summed E-state index contributed by atoms with van der Waals surface area (Å²) in [5.74, 6) is 1.03. The normalized spacial score (nSPS) is 33.8. The highest BCUT2D eigenvalue weighted by Crippen LogP contribution is 2.59. The van der Waals surface area contributed by atoms with Crippen LogP contribution in [0.15, 0.2) is 71.8 Å². The van der Waals surface area contributed by atoms with Gasteiger partial charge in [-0.05, 0) is 82.2 Å². The molecule has 42 heavy (non-hydrogen) atoms. The molecule has 2 bridgehead atoms. The average Bonchev–Trinajstić information content (AvgIpc) is 3.55. The molecule has 226 valence electrons. The topological polar surface area (TPSA) is 40.2 Å². The van der Waals surface area contributed by atoms with Crippen LogP contribution in [0.1, 0.15) is 67.2 Å². The van der Waals surface area contributed by atoms with Crippen LogP contribution in [0.3, 0.4) is 0 Å². The first-order valence-electron chi connectivity index (χ1n) is 16.8. The van der Waals surface area contributed by atoms with Crippen molar-refractivity contribution in [2.24, 2.45) is 11.8 Å². The van der Waals surface area contributed by atoms with E-state index in [-0.39, 0.29) is 29.5 Å². The highest BCUT2D eigenvalue weighted by atomic mass is 28.4. The second-order valence-corrected chi connectivity index (χ2v) is 23.6. The summed E-state index contributed by atoms with van der Waals surface area (Å²) >= 11 is 0. The summed E-state index contributed by atoms with van der Waals surface area (Å²) in [5.41, 5.74) is 3.01. The van der Waals surface area contributed by atoms with Crippen molar-refractivity contribution in [2.75, 3.05) is 0 Å². The molecular weight excluding hydrogens is 553 g/mol. The molecule has 2 saturated heterocycles. The molecule has 8 atom stereocenters. The minimum absolute atomic E-state index is 0.0655. The Bertz CT molecular complexity index is 1250. The molecule has 0 unspecified atom stereocenters. The smallest absolute Gasteiger partial charge is 0.262 e. The Morgan fingerprint density at radius 2 is 1.33 bits per heavy atom. The Balaban J connectivity index is 1.38. The number of benzene rings is 2. The van der Waals surface area contributed by atoms with E-state index in [1.807, 2.05) is 0 Å². The van der Waals surface area contributed by atoms with Crippen LogP contribution in [-0.2, 0) is 18.3 Å². The molecule has 0 aromatic heterocycles. The zero-order valence-corrected chi connectivity index (χ0v) is 28.5. The molecular formula is C36H50O4Si2. The number of hydrogen-bond acceptors (Lipinski definition) is 4. The van der Waals surface area contributed by atoms with Crippen LogP contribution in [0.5, 0.6) is 0 Å². The van der Waals surface area contributed by atoms with Gasteiger partial charge in [0.05, 0.1) is 36.6 Å². The zero-order chi connectivity index (χ0) is 29.3. The van der Waals surface area contributed by atoms with E-state index in [1.165, 1.54) is 39.7 Å². The predicted molar refractivity (Wildman–Crippen MR) is 174 cm³/mol. The monoisotopic (exact) mass is 602 g/mol. The fourth-order valence-electron chi connectivity index (χ4n) is 9.29. The van der Waals surface area contributed by atoms with Crippen LogP contribution in [0, 0.1) is 11.8 Å². The molecule has 0 radical (unpaired) electrons. The number of ether oxygens (including phenoxy) is 2. The van der Waals surface area contributed by atoms with Crippen molar-refractivity contribution in [2.45, 2.75) is 127 Å². The maximum absolute atomic E-state index is 8.05. The van der Waals surface area contributed by atoms with Gasteiger partial charge in [0.2, 0.25) is 0 Å². The largest absolute Gasteiger partial charge is 0.410 e. The molecule has 0 amide bonds. The quantitative estimate of drug-likeness (QED) is 0.176. The van der Waals surface area contributed by atoms with Gasteiger partial charge < -0.3 is 18.3 Å². The lowest BCUT2D eigenvalue weighted by molar-refractivity contribution is -0.0376. The summed E-state index contributed by atoms with van der Waals surface area (Å²) in [6.45, 7) is 14.3. The van der Waals surface area contributed by atoms with Gasteiger partial charge in [-0.1, -0.05) is 102 Å². The van der Waals surface area contributed by atoms with Gasteiger partial charge in [-0.2, -0.15) is 0 Å². The van der Waals surface area contributed by atoms with Crippen molar-refractivity contribution in [3.63, 3.8) is 0 Å². The number of rotatable bonds is 9. The van der Waals surface area contributed by atoms with Crippen molar-refractivity contribution in [3.8, 4) is 0 Å². The van der Waals surface area contributed by atoms with Gasteiger partial charge in [0.1, 0.15) is 0 Å². The Labute approximate surface area is 255 Å². The summed E-state index contributed by atoms with van der Waals surface area (Å²) in [6, 6.07) is 25.8. The van der Waals surface area contributed by atoms with Crippen LogP contribution in [0.4, 0.5) is 0 Å². The third kappa shape index (κ3) is 4.50. The molecule has 6 heteroatoms. The second kappa shape index (κ2) is 10.8. The molecule has 1 saturated carbocycles. The van der Waals surface area contributed by atoms with Gasteiger partial charge in [0.25, 0.3) is 8.32 Å². The first-order valence-corrected chi connectivity index (χ1v) is 21.2. The molecule has 2 heterocycles. The molecule has 0 N–H and O–H groups in total. The summed E-state index contributed by atoms with van der Waals surface area (Å²) in [6.07, 6.45) is 5.64. The van der Waals surface area contributed by atoms with Crippen molar-refractivity contribution >= 4 is 27.0 Å². The van der Waals surface area contributed by atoms with Crippen molar-refractivity contribution in [1.82, 2.24) is 0 Å². The van der Waals surface area contributed by atoms with E-state index in [9.17, 15) is 0 Å². The number of epoxide rings is 1. The summed E-state index contributed by atoms with van der Waals surface area (Å²) in [7, 11) is -4.62. The summed E-state index contributed by atoms with van der Waals surface area (Å²) in [5, 5.41) is 2.59. The molecule has 0 spiro atoms. The molecule has 5 aliphatic rings. The van der Waals surface area contributed by atoms with Crippen LogP contribution in [0.25, 0.3) is 0 Å². The van der Waals surface area contributed by atoms with E-state index in [4.69, 9.17) is 18.3 Å². The minimum atomic E-state index is -2.80. The molecule has 2 aromatic rings. The summed E-state index contributed by atoms with van der Waals surface area (Å²) in [4.78, 5) is 0. The predicted octanol–water partition coefficient (Wildman–Crippen LogP) is 6.99. The van der Waals surface area contributed by atoms with Crippen molar-refractivity contribution in [3.05, 3.63) is 71.8 Å². The molecule has 2 aliphatic heterocycles. The maximum atomic E-state index is 8.05. The van der Waals surface area contributed by atoms with Crippen molar-refractivity contribution < 1.29 is 18.3 Å². The molecule has 7 rings (SSSR count). The van der Waals surface area contributed by atoms with Gasteiger partial charge in [-0.25, -0.2) is 0 Å². The first kappa shape index (κ1) is 29.2. The van der Waals surface area contributed by atoms with Gasteiger partial charge >= 0.3 is 0 Å². The second-order valence-electron chi connectivity index (χ2n) is 14.6. The average molecular weight is 603 g/mol. The fraction of sp³-hybridized carbons (Fsp3) is 0.611. The molecule has 2 aromatic carbocycles. The van der Waals surface area contributed by atoms with E-state index >= 15 is 0 Å². The van der Waals surface area contributed by atoms with Crippen LogP contribution in [0.2, 0.25) is 23.2 Å². The van der Waals surface area contributed by atoms with Gasteiger partial charge in [0, 0.05) is 0 Å². The lowest BCUT2D eigenvalue weighted by Crippen LogP contribution is -2.69. The lowest BCUT2D eigenvalue weighted by Gasteiger charge is -2.48. The third-order valence-electron chi connectivity index (χ3n) is 11.7.